The molecule has 1 rings (SSSR count). The summed E-state index contributed by atoms with van der Waals surface area (Å²) in [6, 6.07) is 0. The lowest BCUT2D eigenvalue weighted by Gasteiger charge is -2.29. The minimum atomic E-state index is -5.04. The molecule has 88 valence electrons. The Labute approximate surface area is 83.0 Å². The van der Waals surface area contributed by atoms with Gasteiger partial charge in [-0.3, -0.25) is 9.35 Å². The molecule has 1 aliphatic heterocycles. The smallest absolute Gasteiger partial charge is 0.403 e. The second-order valence-corrected chi connectivity index (χ2v) is 4.66. The van der Waals surface area contributed by atoms with Crippen molar-refractivity contribution < 1.29 is 35.7 Å². The van der Waals surface area contributed by atoms with E-state index in [0.29, 0.717) is 0 Å². The van der Waals surface area contributed by atoms with Crippen molar-refractivity contribution in [2.45, 2.75) is 17.8 Å². The van der Waals surface area contributed by atoms with Crippen molar-refractivity contribution in [2.24, 2.45) is 5.92 Å². The molecule has 0 spiro atoms. The van der Waals surface area contributed by atoms with Gasteiger partial charge in [-0.15, -0.1) is 0 Å². The van der Waals surface area contributed by atoms with Crippen molar-refractivity contribution in [2.75, 3.05) is 6.61 Å². The van der Waals surface area contributed by atoms with Crippen LogP contribution in [-0.2, 0) is 19.6 Å². The van der Waals surface area contributed by atoms with Crippen LogP contribution in [0.1, 0.15) is 6.42 Å². The van der Waals surface area contributed by atoms with Gasteiger partial charge in [0.15, 0.2) is 5.92 Å². The molecule has 1 heterocycles. The number of halogens is 3. The zero-order valence-electron chi connectivity index (χ0n) is 7.19. The van der Waals surface area contributed by atoms with E-state index in [1.54, 1.807) is 0 Å². The van der Waals surface area contributed by atoms with Gasteiger partial charge in [-0.25, -0.2) is 0 Å². The zero-order valence-corrected chi connectivity index (χ0v) is 8.01. The van der Waals surface area contributed by atoms with Crippen LogP contribution in [0.15, 0.2) is 0 Å². The molecule has 5 nitrogen and oxygen atoms in total. The molecular weight excluding hydrogens is 241 g/mol. The Morgan fingerprint density at radius 1 is 1.40 bits per heavy atom. The number of hydrogen-bond donors (Lipinski definition) is 1. The van der Waals surface area contributed by atoms with Crippen molar-refractivity contribution in [3.8, 4) is 0 Å². The molecule has 0 saturated carbocycles. The Balaban J connectivity index is 3.09. The summed E-state index contributed by atoms with van der Waals surface area (Å²) in [7, 11) is -4.91. The second kappa shape index (κ2) is 3.63. The van der Waals surface area contributed by atoms with Gasteiger partial charge < -0.3 is 4.74 Å². The minimum Gasteiger partial charge on any atom is -0.465 e. The van der Waals surface area contributed by atoms with Crippen LogP contribution in [0.3, 0.4) is 0 Å². The van der Waals surface area contributed by atoms with Gasteiger partial charge in [0.05, 0.1) is 6.61 Å². The first-order valence-corrected chi connectivity index (χ1v) is 5.34. The zero-order chi connectivity index (χ0) is 11.9. The first kappa shape index (κ1) is 12.2. The van der Waals surface area contributed by atoms with E-state index in [0.717, 1.165) is 0 Å². The number of carbonyl (C=O) groups excluding carboxylic acids is 1. The molecule has 0 aromatic rings. The fraction of sp³-hybridized carbons (Fsp3) is 0.833. The van der Waals surface area contributed by atoms with Gasteiger partial charge in [-0.05, 0) is 0 Å². The van der Waals surface area contributed by atoms with Crippen molar-refractivity contribution in [3.63, 3.8) is 0 Å². The van der Waals surface area contributed by atoms with Gasteiger partial charge in [0.2, 0.25) is 0 Å². The van der Waals surface area contributed by atoms with Gasteiger partial charge in [-0.1, -0.05) is 0 Å². The Kier molecular flexibility index (Phi) is 2.97. The Morgan fingerprint density at radius 3 is 2.27 bits per heavy atom. The van der Waals surface area contributed by atoms with E-state index >= 15 is 0 Å². The largest absolute Gasteiger partial charge is 0.465 e. The van der Waals surface area contributed by atoms with Crippen molar-refractivity contribution in [1.82, 2.24) is 0 Å². The van der Waals surface area contributed by atoms with Gasteiger partial charge in [0.1, 0.15) is 5.25 Å². The lowest BCUT2D eigenvalue weighted by Crippen LogP contribution is -2.48. The summed E-state index contributed by atoms with van der Waals surface area (Å²) < 4.78 is 70.8. The van der Waals surface area contributed by atoms with E-state index in [9.17, 15) is 26.4 Å². The molecule has 2 atom stereocenters. The van der Waals surface area contributed by atoms with E-state index in [1.807, 2.05) is 0 Å². The summed E-state index contributed by atoms with van der Waals surface area (Å²) in [6.45, 7) is -0.449. The summed E-state index contributed by atoms with van der Waals surface area (Å²) in [4.78, 5) is 10.8. The lowest BCUT2D eigenvalue weighted by molar-refractivity contribution is -0.204. The Hall–Kier alpha value is -0.830. The highest BCUT2D eigenvalue weighted by molar-refractivity contribution is 7.86. The van der Waals surface area contributed by atoms with Gasteiger partial charge in [0.25, 0.3) is 10.1 Å². The summed E-state index contributed by atoms with van der Waals surface area (Å²) in [5, 5.41) is -2.17. The van der Waals surface area contributed by atoms with Crippen LogP contribution in [0.2, 0.25) is 0 Å². The predicted molar refractivity (Wildman–Crippen MR) is 40.5 cm³/mol. The fourth-order valence-electron chi connectivity index (χ4n) is 1.35. The fourth-order valence-corrected chi connectivity index (χ4v) is 2.35. The van der Waals surface area contributed by atoms with Crippen LogP contribution in [0.5, 0.6) is 0 Å². The summed E-state index contributed by atoms with van der Waals surface area (Å²) in [6.07, 6.45) is -5.60. The van der Waals surface area contributed by atoms with Crippen LogP contribution >= 0.6 is 0 Å². The number of carbonyl (C=O) groups is 1. The highest BCUT2D eigenvalue weighted by Gasteiger charge is 2.56. The van der Waals surface area contributed by atoms with E-state index in [1.165, 1.54) is 0 Å². The molecule has 0 radical (unpaired) electrons. The summed E-state index contributed by atoms with van der Waals surface area (Å²) in [5.41, 5.74) is 0. The van der Waals surface area contributed by atoms with Crippen molar-refractivity contribution in [1.29, 1.82) is 0 Å². The standard InChI is InChI=1S/C6H7F3O5S/c7-6(8,9)4-3(15(11,12)13)1-2-14-5(4)10/h3-4H,1-2H2,(H,11,12,13). The molecule has 0 aromatic heterocycles. The highest BCUT2D eigenvalue weighted by Crippen LogP contribution is 2.36. The predicted octanol–water partition coefficient (Wildman–Crippen LogP) is 0.368. The molecule has 0 aromatic carbocycles. The number of alkyl halides is 3. The third-order valence-corrected chi connectivity index (χ3v) is 3.28. The maximum absolute atomic E-state index is 12.3. The number of cyclic esters (lactones) is 1. The Bertz CT molecular complexity index is 359. The van der Waals surface area contributed by atoms with E-state index < -0.39 is 46.5 Å². The van der Waals surface area contributed by atoms with Gasteiger partial charge >= 0.3 is 12.1 Å². The molecule has 1 saturated heterocycles. The topological polar surface area (TPSA) is 80.7 Å². The lowest BCUT2D eigenvalue weighted by atomic mass is 10.0. The van der Waals surface area contributed by atoms with Crippen LogP contribution in [-0.4, -0.2) is 37.0 Å². The second-order valence-electron chi connectivity index (χ2n) is 3.03. The van der Waals surface area contributed by atoms with Crippen LogP contribution in [0.25, 0.3) is 0 Å². The van der Waals surface area contributed by atoms with Crippen LogP contribution in [0.4, 0.5) is 13.2 Å². The first-order valence-electron chi connectivity index (χ1n) is 3.83. The van der Waals surface area contributed by atoms with Crippen LogP contribution in [0, 0.1) is 5.92 Å². The average Bonchev–Trinajstić information content (AvgIpc) is 1.99. The molecule has 1 aliphatic rings. The summed E-state index contributed by atoms with van der Waals surface area (Å²) in [5.74, 6) is -4.47. The van der Waals surface area contributed by atoms with E-state index in [2.05, 4.69) is 4.74 Å². The molecular formula is C6H7F3O5S. The number of hydrogen-bond acceptors (Lipinski definition) is 4. The quantitative estimate of drug-likeness (QED) is 0.535. The van der Waals surface area contributed by atoms with Crippen molar-refractivity contribution in [3.05, 3.63) is 0 Å². The normalized spacial score (nSPS) is 28.7. The molecule has 0 bridgehead atoms. The molecule has 1 fully saturated rings. The molecule has 0 aliphatic carbocycles. The van der Waals surface area contributed by atoms with Gasteiger partial charge in [0, 0.05) is 6.42 Å². The summed E-state index contributed by atoms with van der Waals surface area (Å²) >= 11 is 0. The number of rotatable bonds is 1. The number of esters is 1. The third kappa shape index (κ3) is 2.59. The third-order valence-electron chi connectivity index (χ3n) is 2.01. The van der Waals surface area contributed by atoms with E-state index in [4.69, 9.17) is 4.55 Å². The SMILES string of the molecule is O=C1OCCC(S(=O)(=O)O)C1C(F)(F)F. The maximum atomic E-state index is 12.3. The molecule has 2 unspecified atom stereocenters. The minimum absolute atomic E-state index is 0.449. The van der Waals surface area contributed by atoms with E-state index in [-0.39, 0.29) is 0 Å². The molecule has 9 heteroatoms. The highest BCUT2D eigenvalue weighted by atomic mass is 32.2. The van der Waals surface area contributed by atoms with Gasteiger partial charge in [-0.2, -0.15) is 21.6 Å². The Morgan fingerprint density at radius 2 is 1.93 bits per heavy atom. The monoisotopic (exact) mass is 248 g/mol. The average molecular weight is 248 g/mol. The molecule has 1 N–H and O–H groups in total. The van der Waals surface area contributed by atoms with Crippen LogP contribution < -0.4 is 0 Å². The number of ether oxygens (including phenoxy) is 1. The molecule has 15 heavy (non-hydrogen) atoms. The van der Waals surface area contributed by atoms with Crippen molar-refractivity contribution >= 4 is 16.1 Å². The molecule has 0 amide bonds. The first-order chi connectivity index (χ1) is 6.64. The maximum Gasteiger partial charge on any atom is 0.403 e.